The first-order chi connectivity index (χ1) is 9.60. The minimum atomic E-state index is -0.298. The Bertz CT molecular complexity index is 430. The topological polar surface area (TPSA) is 30.5 Å². The number of hydrogen-bond donors (Lipinski definition) is 1. The average molecular weight is 281 g/mol. The number of nitrogens with one attached hydrogen (secondary N) is 1. The number of benzene rings is 1. The third kappa shape index (κ3) is 3.85. The van der Waals surface area contributed by atoms with Gasteiger partial charge in [0.2, 0.25) is 0 Å². The van der Waals surface area contributed by atoms with E-state index in [1.807, 2.05) is 0 Å². The summed E-state index contributed by atoms with van der Waals surface area (Å²) < 4.78 is 24.8. The molecule has 2 unspecified atom stereocenters. The SMILES string of the molecule is COc1ccc(F)cc1OC(CC(C)C)C1CCNC1. The van der Waals surface area contributed by atoms with Crippen molar-refractivity contribution in [2.75, 3.05) is 20.2 Å². The van der Waals surface area contributed by atoms with E-state index in [1.165, 1.54) is 12.1 Å². The van der Waals surface area contributed by atoms with Crippen LogP contribution in [0.15, 0.2) is 18.2 Å². The molecule has 0 aliphatic carbocycles. The summed E-state index contributed by atoms with van der Waals surface area (Å²) in [5.74, 6) is 1.82. The van der Waals surface area contributed by atoms with Gasteiger partial charge in [0, 0.05) is 18.5 Å². The zero-order chi connectivity index (χ0) is 14.5. The maximum absolute atomic E-state index is 13.4. The van der Waals surface area contributed by atoms with E-state index in [0.29, 0.717) is 23.3 Å². The molecule has 0 saturated carbocycles. The highest BCUT2D eigenvalue weighted by molar-refractivity contribution is 5.40. The zero-order valence-electron chi connectivity index (χ0n) is 12.5. The summed E-state index contributed by atoms with van der Waals surface area (Å²) in [5, 5.41) is 3.37. The van der Waals surface area contributed by atoms with Crippen molar-refractivity contribution in [3.05, 3.63) is 24.0 Å². The van der Waals surface area contributed by atoms with E-state index in [0.717, 1.165) is 25.9 Å². The summed E-state index contributed by atoms with van der Waals surface area (Å²) >= 11 is 0. The van der Waals surface area contributed by atoms with Gasteiger partial charge in [0.1, 0.15) is 11.9 Å². The molecule has 4 heteroatoms. The van der Waals surface area contributed by atoms with Gasteiger partial charge >= 0.3 is 0 Å². The lowest BCUT2D eigenvalue weighted by molar-refractivity contribution is 0.115. The van der Waals surface area contributed by atoms with Gasteiger partial charge in [-0.05, 0) is 37.4 Å². The van der Waals surface area contributed by atoms with Crippen molar-refractivity contribution in [2.45, 2.75) is 32.8 Å². The first kappa shape index (κ1) is 15.1. The molecule has 1 aliphatic rings. The molecule has 1 aromatic rings. The van der Waals surface area contributed by atoms with Crippen LogP contribution in [0, 0.1) is 17.7 Å². The van der Waals surface area contributed by atoms with Crippen LogP contribution in [0.3, 0.4) is 0 Å². The normalized spacial score (nSPS) is 20.1. The van der Waals surface area contributed by atoms with Crippen LogP contribution in [0.2, 0.25) is 0 Å². The minimum absolute atomic E-state index is 0.0979. The highest BCUT2D eigenvalue weighted by atomic mass is 19.1. The molecule has 2 rings (SSSR count). The molecule has 1 aromatic carbocycles. The van der Waals surface area contributed by atoms with Crippen LogP contribution in [0.5, 0.6) is 11.5 Å². The van der Waals surface area contributed by atoms with Crippen molar-refractivity contribution in [2.24, 2.45) is 11.8 Å². The Morgan fingerprint density at radius 1 is 1.35 bits per heavy atom. The smallest absolute Gasteiger partial charge is 0.164 e. The molecule has 2 atom stereocenters. The standard InChI is InChI=1S/C16H24FNO2/c1-11(2)8-15(12-6-7-18-10-12)20-16-9-13(17)4-5-14(16)19-3/h4-5,9,11-12,15,18H,6-8,10H2,1-3H3. The van der Waals surface area contributed by atoms with Crippen LogP contribution in [0.25, 0.3) is 0 Å². The van der Waals surface area contributed by atoms with Gasteiger partial charge in [0.25, 0.3) is 0 Å². The molecule has 0 spiro atoms. The summed E-state index contributed by atoms with van der Waals surface area (Å²) in [7, 11) is 1.58. The fourth-order valence-corrected chi connectivity index (χ4v) is 2.70. The van der Waals surface area contributed by atoms with Crippen molar-refractivity contribution in [1.29, 1.82) is 0 Å². The van der Waals surface area contributed by atoms with E-state index in [9.17, 15) is 4.39 Å². The highest BCUT2D eigenvalue weighted by Crippen LogP contribution is 2.32. The van der Waals surface area contributed by atoms with Gasteiger partial charge in [-0.15, -0.1) is 0 Å². The Hall–Kier alpha value is -1.29. The van der Waals surface area contributed by atoms with Crippen LogP contribution < -0.4 is 14.8 Å². The molecule has 1 aliphatic heterocycles. The van der Waals surface area contributed by atoms with Gasteiger partial charge in [-0.3, -0.25) is 0 Å². The van der Waals surface area contributed by atoms with Gasteiger partial charge in [-0.25, -0.2) is 4.39 Å². The van der Waals surface area contributed by atoms with Crippen LogP contribution in [-0.4, -0.2) is 26.3 Å². The molecule has 1 saturated heterocycles. The average Bonchev–Trinajstić information content (AvgIpc) is 2.91. The van der Waals surface area contributed by atoms with Crippen molar-refractivity contribution in [3.8, 4) is 11.5 Å². The van der Waals surface area contributed by atoms with E-state index >= 15 is 0 Å². The van der Waals surface area contributed by atoms with Crippen molar-refractivity contribution in [3.63, 3.8) is 0 Å². The molecule has 0 bridgehead atoms. The Morgan fingerprint density at radius 2 is 2.15 bits per heavy atom. The van der Waals surface area contributed by atoms with Crippen molar-refractivity contribution >= 4 is 0 Å². The second-order valence-electron chi connectivity index (χ2n) is 5.83. The monoisotopic (exact) mass is 281 g/mol. The Kier molecular flexibility index (Phi) is 5.24. The summed E-state index contributed by atoms with van der Waals surface area (Å²) in [6.45, 7) is 6.36. The summed E-state index contributed by atoms with van der Waals surface area (Å²) in [6, 6.07) is 4.42. The largest absolute Gasteiger partial charge is 0.493 e. The Balaban J connectivity index is 2.15. The number of methoxy groups -OCH3 is 1. The van der Waals surface area contributed by atoms with Gasteiger partial charge in [-0.1, -0.05) is 13.8 Å². The van der Waals surface area contributed by atoms with Crippen LogP contribution in [0.4, 0.5) is 4.39 Å². The minimum Gasteiger partial charge on any atom is -0.493 e. The summed E-state index contributed by atoms with van der Waals surface area (Å²) in [6.07, 6.45) is 2.17. The van der Waals surface area contributed by atoms with E-state index in [-0.39, 0.29) is 11.9 Å². The van der Waals surface area contributed by atoms with Crippen LogP contribution >= 0.6 is 0 Å². The Labute approximate surface area is 120 Å². The first-order valence-electron chi connectivity index (χ1n) is 7.31. The summed E-state index contributed by atoms with van der Waals surface area (Å²) in [4.78, 5) is 0. The molecule has 0 aromatic heterocycles. The maximum atomic E-state index is 13.4. The lowest BCUT2D eigenvalue weighted by Crippen LogP contribution is -2.30. The van der Waals surface area contributed by atoms with Crippen molar-refractivity contribution < 1.29 is 13.9 Å². The van der Waals surface area contributed by atoms with Gasteiger partial charge in [0.05, 0.1) is 7.11 Å². The molecule has 1 heterocycles. The molecular formula is C16H24FNO2. The molecule has 3 nitrogen and oxygen atoms in total. The summed E-state index contributed by atoms with van der Waals surface area (Å²) in [5.41, 5.74) is 0. The quantitative estimate of drug-likeness (QED) is 0.868. The van der Waals surface area contributed by atoms with Crippen molar-refractivity contribution in [1.82, 2.24) is 5.32 Å². The third-order valence-corrected chi connectivity index (χ3v) is 3.73. The molecular weight excluding hydrogens is 257 g/mol. The highest BCUT2D eigenvalue weighted by Gasteiger charge is 2.28. The molecule has 20 heavy (non-hydrogen) atoms. The number of rotatable bonds is 6. The van der Waals surface area contributed by atoms with Crippen LogP contribution in [0.1, 0.15) is 26.7 Å². The van der Waals surface area contributed by atoms with Crippen LogP contribution in [-0.2, 0) is 0 Å². The lowest BCUT2D eigenvalue weighted by atomic mass is 9.93. The predicted octanol–water partition coefficient (Wildman–Crippen LogP) is 3.24. The molecule has 0 radical (unpaired) electrons. The molecule has 112 valence electrons. The number of halogens is 1. The molecule has 1 fully saturated rings. The van der Waals surface area contributed by atoms with Gasteiger partial charge in [0.15, 0.2) is 11.5 Å². The zero-order valence-corrected chi connectivity index (χ0v) is 12.5. The third-order valence-electron chi connectivity index (χ3n) is 3.73. The molecule has 1 N–H and O–H groups in total. The van der Waals surface area contributed by atoms with Gasteiger partial charge < -0.3 is 14.8 Å². The second-order valence-corrected chi connectivity index (χ2v) is 5.83. The number of hydrogen-bond acceptors (Lipinski definition) is 3. The van der Waals surface area contributed by atoms with E-state index in [2.05, 4.69) is 19.2 Å². The molecule has 0 amide bonds. The lowest BCUT2D eigenvalue weighted by Gasteiger charge is -2.26. The van der Waals surface area contributed by atoms with E-state index in [1.54, 1.807) is 13.2 Å². The Morgan fingerprint density at radius 3 is 2.75 bits per heavy atom. The predicted molar refractivity (Wildman–Crippen MR) is 77.8 cm³/mol. The maximum Gasteiger partial charge on any atom is 0.164 e. The second kappa shape index (κ2) is 6.93. The van der Waals surface area contributed by atoms with E-state index < -0.39 is 0 Å². The number of ether oxygens (including phenoxy) is 2. The fourth-order valence-electron chi connectivity index (χ4n) is 2.70. The first-order valence-corrected chi connectivity index (χ1v) is 7.31. The fraction of sp³-hybridized carbons (Fsp3) is 0.625. The van der Waals surface area contributed by atoms with Gasteiger partial charge in [-0.2, -0.15) is 0 Å². The van der Waals surface area contributed by atoms with E-state index in [4.69, 9.17) is 9.47 Å².